The molecule has 0 bridgehead atoms. The third kappa shape index (κ3) is 4.37. The molecule has 1 aromatic rings. The molecule has 5 nitrogen and oxygen atoms in total. The molecule has 0 aromatic carbocycles. The van der Waals surface area contributed by atoms with E-state index < -0.39 is 12.0 Å². The van der Waals surface area contributed by atoms with Crippen LogP contribution in [0.4, 0.5) is 4.79 Å². The molecule has 0 saturated carbocycles. The molecule has 1 atom stereocenters. The molecule has 0 fully saturated rings. The SMILES string of the molecule is CCC[C@@H](NC(=O)N(C)Cc1ccsc1)C(=O)O. The largest absolute Gasteiger partial charge is 0.480 e. The highest BCUT2D eigenvalue weighted by atomic mass is 32.1. The van der Waals surface area contributed by atoms with E-state index in [0.29, 0.717) is 19.4 Å². The molecule has 0 aliphatic carbocycles. The molecule has 2 amide bonds. The first-order valence-corrected chi connectivity index (χ1v) is 6.74. The molecule has 1 heterocycles. The zero-order valence-electron chi connectivity index (χ0n) is 10.5. The second-order valence-electron chi connectivity index (χ2n) is 4.12. The number of carboxylic acids is 1. The van der Waals surface area contributed by atoms with Crippen LogP contribution in [-0.4, -0.2) is 35.1 Å². The topological polar surface area (TPSA) is 69.6 Å². The second kappa shape index (κ2) is 7.00. The van der Waals surface area contributed by atoms with Gasteiger partial charge >= 0.3 is 12.0 Å². The Morgan fingerprint density at radius 2 is 2.28 bits per heavy atom. The van der Waals surface area contributed by atoms with Gasteiger partial charge in [-0.1, -0.05) is 13.3 Å². The minimum Gasteiger partial charge on any atom is -0.480 e. The molecule has 0 saturated heterocycles. The highest BCUT2D eigenvalue weighted by molar-refractivity contribution is 7.07. The second-order valence-corrected chi connectivity index (χ2v) is 4.90. The van der Waals surface area contributed by atoms with E-state index in [1.807, 2.05) is 23.8 Å². The van der Waals surface area contributed by atoms with Crippen LogP contribution in [0.15, 0.2) is 16.8 Å². The number of amides is 2. The number of hydrogen-bond donors (Lipinski definition) is 2. The normalized spacial score (nSPS) is 11.9. The van der Waals surface area contributed by atoms with E-state index in [1.165, 1.54) is 4.90 Å². The van der Waals surface area contributed by atoms with E-state index in [1.54, 1.807) is 18.4 Å². The average Bonchev–Trinajstić information content (AvgIpc) is 2.80. The number of nitrogens with one attached hydrogen (secondary N) is 1. The van der Waals surface area contributed by atoms with E-state index in [0.717, 1.165) is 5.56 Å². The van der Waals surface area contributed by atoms with Crippen molar-refractivity contribution in [1.82, 2.24) is 10.2 Å². The van der Waals surface area contributed by atoms with Gasteiger partial charge in [-0.15, -0.1) is 0 Å². The predicted molar refractivity (Wildman–Crippen MR) is 70.6 cm³/mol. The van der Waals surface area contributed by atoms with Gasteiger partial charge in [0.1, 0.15) is 6.04 Å². The Bertz CT molecular complexity index is 392. The number of urea groups is 1. The third-order valence-corrected chi connectivity index (χ3v) is 3.25. The maximum absolute atomic E-state index is 11.8. The van der Waals surface area contributed by atoms with Crippen molar-refractivity contribution in [2.45, 2.75) is 32.4 Å². The average molecular weight is 270 g/mol. The van der Waals surface area contributed by atoms with Crippen molar-refractivity contribution in [3.63, 3.8) is 0 Å². The summed E-state index contributed by atoms with van der Waals surface area (Å²) in [5.41, 5.74) is 1.04. The van der Waals surface area contributed by atoms with Crippen LogP contribution in [0.25, 0.3) is 0 Å². The van der Waals surface area contributed by atoms with Gasteiger partial charge in [0.2, 0.25) is 0 Å². The molecular weight excluding hydrogens is 252 g/mol. The first-order chi connectivity index (χ1) is 8.54. The standard InChI is InChI=1S/C12H18N2O3S/c1-3-4-10(11(15)16)13-12(17)14(2)7-9-5-6-18-8-9/h5-6,8,10H,3-4,7H2,1-2H3,(H,13,17)(H,15,16)/t10-/m1/s1. The van der Waals surface area contributed by atoms with Crippen LogP contribution >= 0.6 is 11.3 Å². The lowest BCUT2D eigenvalue weighted by Gasteiger charge is -2.20. The van der Waals surface area contributed by atoms with Gasteiger partial charge in [0, 0.05) is 13.6 Å². The van der Waals surface area contributed by atoms with Crippen molar-refractivity contribution in [1.29, 1.82) is 0 Å². The van der Waals surface area contributed by atoms with Crippen LogP contribution in [0.1, 0.15) is 25.3 Å². The van der Waals surface area contributed by atoms with Crippen molar-refractivity contribution >= 4 is 23.3 Å². The number of carboxylic acid groups (broad SMARTS) is 1. The molecule has 1 rings (SSSR count). The Morgan fingerprint density at radius 1 is 1.56 bits per heavy atom. The smallest absolute Gasteiger partial charge is 0.326 e. The Kier molecular flexibility index (Phi) is 5.64. The number of carbonyl (C=O) groups excluding carboxylic acids is 1. The molecule has 18 heavy (non-hydrogen) atoms. The van der Waals surface area contributed by atoms with Crippen LogP contribution in [0.3, 0.4) is 0 Å². The van der Waals surface area contributed by atoms with Gasteiger partial charge in [-0.2, -0.15) is 11.3 Å². The fourth-order valence-corrected chi connectivity index (χ4v) is 2.19. The fourth-order valence-electron chi connectivity index (χ4n) is 1.53. The maximum Gasteiger partial charge on any atom is 0.326 e. The van der Waals surface area contributed by atoms with Crippen molar-refractivity contribution in [2.75, 3.05) is 7.05 Å². The van der Waals surface area contributed by atoms with E-state index in [-0.39, 0.29) is 6.03 Å². The molecule has 1 aromatic heterocycles. The van der Waals surface area contributed by atoms with Crippen molar-refractivity contribution in [2.24, 2.45) is 0 Å². The quantitative estimate of drug-likeness (QED) is 0.832. The molecular formula is C12H18N2O3S. The van der Waals surface area contributed by atoms with Crippen LogP contribution in [0.5, 0.6) is 0 Å². The van der Waals surface area contributed by atoms with Gasteiger partial charge in [0.25, 0.3) is 0 Å². The Hall–Kier alpha value is -1.56. The summed E-state index contributed by atoms with van der Waals surface area (Å²) in [6.45, 7) is 2.37. The maximum atomic E-state index is 11.8. The lowest BCUT2D eigenvalue weighted by Crippen LogP contribution is -2.46. The van der Waals surface area contributed by atoms with Gasteiger partial charge in [0.15, 0.2) is 0 Å². The van der Waals surface area contributed by atoms with Crippen molar-refractivity contribution in [3.05, 3.63) is 22.4 Å². The summed E-state index contributed by atoms with van der Waals surface area (Å²) in [5.74, 6) is -0.992. The highest BCUT2D eigenvalue weighted by Crippen LogP contribution is 2.08. The zero-order chi connectivity index (χ0) is 13.5. The summed E-state index contributed by atoms with van der Waals surface area (Å²) in [7, 11) is 1.65. The van der Waals surface area contributed by atoms with E-state index in [2.05, 4.69) is 5.32 Å². The number of hydrogen-bond acceptors (Lipinski definition) is 3. The first kappa shape index (κ1) is 14.5. The molecule has 0 spiro atoms. The van der Waals surface area contributed by atoms with E-state index in [4.69, 9.17) is 5.11 Å². The lowest BCUT2D eigenvalue weighted by molar-refractivity contribution is -0.139. The van der Waals surface area contributed by atoms with E-state index >= 15 is 0 Å². The summed E-state index contributed by atoms with van der Waals surface area (Å²) in [6, 6.07) is 0.768. The van der Waals surface area contributed by atoms with Gasteiger partial charge < -0.3 is 15.3 Å². The number of aliphatic carboxylic acids is 1. The fraction of sp³-hybridized carbons (Fsp3) is 0.500. The number of carbonyl (C=O) groups is 2. The molecule has 6 heteroatoms. The Labute approximate surface area is 110 Å². The summed E-state index contributed by atoms with van der Waals surface area (Å²) in [5, 5.41) is 15.4. The summed E-state index contributed by atoms with van der Waals surface area (Å²) in [6.07, 6.45) is 1.15. The van der Waals surface area contributed by atoms with Crippen LogP contribution in [0.2, 0.25) is 0 Å². The number of rotatable bonds is 6. The third-order valence-electron chi connectivity index (χ3n) is 2.52. The van der Waals surface area contributed by atoms with Crippen LogP contribution in [-0.2, 0) is 11.3 Å². The highest BCUT2D eigenvalue weighted by Gasteiger charge is 2.20. The first-order valence-electron chi connectivity index (χ1n) is 5.80. The summed E-state index contributed by atoms with van der Waals surface area (Å²) < 4.78 is 0. The molecule has 0 aliphatic heterocycles. The monoisotopic (exact) mass is 270 g/mol. The number of nitrogens with zero attached hydrogens (tertiary/aromatic N) is 1. The predicted octanol–water partition coefficient (Wildman–Crippen LogP) is 2.14. The Balaban J connectivity index is 2.50. The van der Waals surface area contributed by atoms with Crippen LogP contribution in [0, 0.1) is 0 Å². The van der Waals surface area contributed by atoms with Crippen molar-refractivity contribution < 1.29 is 14.7 Å². The van der Waals surface area contributed by atoms with Gasteiger partial charge in [-0.25, -0.2) is 9.59 Å². The molecule has 0 unspecified atom stereocenters. The van der Waals surface area contributed by atoms with Gasteiger partial charge in [0.05, 0.1) is 0 Å². The van der Waals surface area contributed by atoms with Gasteiger partial charge in [-0.05, 0) is 28.8 Å². The Morgan fingerprint density at radius 3 is 2.78 bits per heavy atom. The summed E-state index contributed by atoms with van der Waals surface area (Å²) in [4.78, 5) is 24.2. The minimum atomic E-state index is -0.992. The molecule has 0 radical (unpaired) electrons. The molecule has 0 aliphatic rings. The minimum absolute atomic E-state index is 0.359. The van der Waals surface area contributed by atoms with Crippen LogP contribution < -0.4 is 5.32 Å². The molecule has 2 N–H and O–H groups in total. The van der Waals surface area contributed by atoms with E-state index in [9.17, 15) is 9.59 Å². The van der Waals surface area contributed by atoms with Gasteiger partial charge in [-0.3, -0.25) is 0 Å². The van der Waals surface area contributed by atoms with Crippen molar-refractivity contribution in [3.8, 4) is 0 Å². The number of thiophene rings is 1. The molecule has 100 valence electrons. The lowest BCUT2D eigenvalue weighted by atomic mass is 10.2. The zero-order valence-corrected chi connectivity index (χ0v) is 11.4. The summed E-state index contributed by atoms with van der Waals surface area (Å²) >= 11 is 1.57.